The van der Waals surface area contributed by atoms with Crippen molar-refractivity contribution in [2.75, 3.05) is 19.7 Å². The van der Waals surface area contributed by atoms with Crippen LogP contribution in [0.15, 0.2) is 48.5 Å². The van der Waals surface area contributed by atoms with Crippen LogP contribution in [0.1, 0.15) is 63.0 Å². The maximum absolute atomic E-state index is 12.8. The molecule has 2 aromatic carbocycles. The SMILES string of the molecule is CC(C)(C)N(Cc1ccc(C(=O)NCc2ccc(OCC(=O)N3CC(O)C(O[Si](C)(C)C(C)(C)C)C3)cc2)cc1)C(=O)O. The van der Waals surface area contributed by atoms with Crippen LogP contribution < -0.4 is 10.1 Å². The molecule has 0 aliphatic carbocycles. The van der Waals surface area contributed by atoms with Gasteiger partial charge in [-0.3, -0.25) is 14.5 Å². The molecule has 0 saturated carbocycles. The van der Waals surface area contributed by atoms with Crippen LogP contribution in [0.3, 0.4) is 0 Å². The number of carbonyl (C=O) groups excluding carboxylic acids is 2. The largest absolute Gasteiger partial charge is 0.484 e. The van der Waals surface area contributed by atoms with E-state index in [4.69, 9.17) is 9.16 Å². The molecule has 0 radical (unpaired) electrons. The Morgan fingerprint density at radius 3 is 2.07 bits per heavy atom. The quantitative estimate of drug-likeness (QED) is 0.326. The number of hydrogen-bond acceptors (Lipinski definition) is 6. The molecule has 1 heterocycles. The number of rotatable bonds is 10. The molecule has 2 unspecified atom stereocenters. The van der Waals surface area contributed by atoms with E-state index in [1.54, 1.807) is 41.3 Å². The van der Waals surface area contributed by atoms with Crippen molar-refractivity contribution < 1.29 is 33.8 Å². The number of benzene rings is 2. The van der Waals surface area contributed by atoms with E-state index < -0.39 is 32.2 Å². The summed E-state index contributed by atoms with van der Waals surface area (Å²) in [6, 6.07) is 14.0. The van der Waals surface area contributed by atoms with Gasteiger partial charge in [-0.25, -0.2) is 4.79 Å². The minimum absolute atomic E-state index is 0.00732. The van der Waals surface area contributed by atoms with Crippen molar-refractivity contribution in [3.8, 4) is 5.75 Å². The average Bonchev–Trinajstić information content (AvgIpc) is 3.27. The van der Waals surface area contributed by atoms with E-state index in [-0.39, 0.29) is 36.5 Å². The predicted octanol–water partition coefficient (Wildman–Crippen LogP) is 4.87. The molecule has 3 amide bonds. The van der Waals surface area contributed by atoms with Crippen LogP contribution >= 0.6 is 0 Å². The molecular formula is C32H47N3O7Si. The number of carbonyl (C=O) groups is 3. The van der Waals surface area contributed by atoms with Crippen LogP contribution in [0.2, 0.25) is 18.1 Å². The van der Waals surface area contributed by atoms with Crippen LogP contribution in [-0.4, -0.2) is 83.7 Å². The third kappa shape index (κ3) is 9.28. The summed E-state index contributed by atoms with van der Waals surface area (Å²) in [5.74, 6) is 0.0716. The summed E-state index contributed by atoms with van der Waals surface area (Å²) in [6.07, 6.45) is -2.11. The Bertz CT molecular complexity index is 1270. The Morgan fingerprint density at radius 1 is 0.953 bits per heavy atom. The lowest BCUT2D eigenvalue weighted by atomic mass is 10.0. The van der Waals surface area contributed by atoms with Crippen molar-refractivity contribution in [2.24, 2.45) is 0 Å². The molecule has 0 bridgehead atoms. The topological polar surface area (TPSA) is 129 Å². The highest BCUT2D eigenvalue weighted by atomic mass is 28.4. The number of ether oxygens (including phenoxy) is 1. The van der Waals surface area contributed by atoms with Gasteiger partial charge in [-0.15, -0.1) is 0 Å². The van der Waals surface area contributed by atoms with Gasteiger partial charge in [-0.05, 0) is 74.3 Å². The van der Waals surface area contributed by atoms with E-state index >= 15 is 0 Å². The maximum Gasteiger partial charge on any atom is 0.408 e. The molecule has 236 valence electrons. The summed E-state index contributed by atoms with van der Waals surface area (Å²) < 4.78 is 12.0. The standard InChI is InChI=1S/C32H47N3O7Si/c1-31(2,3)35(30(39)40)18-23-9-13-24(14-10-23)29(38)33-17-22-11-15-25(16-12-22)41-21-28(37)34-19-26(36)27(20-34)42-43(7,8)32(4,5)6/h9-16,26-27,36H,17-21H2,1-8H3,(H,33,38)(H,39,40). The number of hydrogen-bond donors (Lipinski definition) is 3. The van der Waals surface area contributed by atoms with Crippen LogP contribution in [0.5, 0.6) is 5.75 Å². The third-order valence-electron chi connectivity index (χ3n) is 8.18. The number of aliphatic hydroxyl groups excluding tert-OH is 1. The number of amides is 3. The van der Waals surface area contributed by atoms with Gasteiger partial charge in [-0.2, -0.15) is 0 Å². The highest BCUT2D eigenvalue weighted by Gasteiger charge is 2.44. The molecule has 0 spiro atoms. The van der Waals surface area contributed by atoms with Gasteiger partial charge in [0, 0.05) is 37.3 Å². The predicted molar refractivity (Wildman–Crippen MR) is 168 cm³/mol. The molecule has 2 atom stereocenters. The first-order valence-corrected chi connectivity index (χ1v) is 17.5. The first kappa shape index (κ1) is 34.1. The molecule has 0 aromatic heterocycles. The summed E-state index contributed by atoms with van der Waals surface area (Å²) in [7, 11) is -2.08. The molecule has 3 N–H and O–H groups in total. The van der Waals surface area contributed by atoms with Gasteiger partial charge in [0.25, 0.3) is 11.8 Å². The van der Waals surface area contributed by atoms with E-state index in [0.717, 1.165) is 11.1 Å². The fourth-order valence-electron chi connectivity index (χ4n) is 4.39. The van der Waals surface area contributed by atoms with E-state index in [9.17, 15) is 24.6 Å². The summed E-state index contributed by atoms with van der Waals surface area (Å²) in [5.41, 5.74) is 1.59. The number of β-amino-alcohol motifs (C(OH)–C–C–N with tert-alkyl or cyclic N) is 1. The van der Waals surface area contributed by atoms with Gasteiger partial charge in [0.2, 0.25) is 0 Å². The summed E-state index contributed by atoms with van der Waals surface area (Å²) in [6.45, 7) is 17.1. The second kappa shape index (κ2) is 13.5. The molecular weight excluding hydrogens is 566 g/mol. The Kier molecular flexibility index (Phi) is 10.7. The number of nitrogens with zero attached hydrogens (tertiary/aromatic N) is 2. The molecule has 43 heavy (non-hydrogen) atoms. The maximum atomic E-state index is 12.8. The van der Waals surface area contributed by atoms with Crippen LogP contribution in [0.4, 0.5) is 4.79 Å². The van der Waals surface area contributed by atoms with Gasteiger partial charge >= 0.3 is 6.09 Å². The van der Waals surface area contributed by atoms with Crippen LogP contribution in [0.25, 0.3) is 0 Å². The zero-order valence-corrected chi connectivity index (χ0v) is 27.6. The smallest absolute Gasteiger partial charge is 0.408 e. The van der Waals surface area contributed by atoms with Crippen molar-refractivity contribution in [2.45, 2.75) is 90.5 Å². The van der Waals surface area contributed by atoms with Crippen molar-refractivity contribution in [3.05, 3.63) is 65.2 Å². The normalized spacial score (nSPS) is 17.5. The summed E-state index contributed by atoms with van der Waals surface area (Å²) in [5, 5.41) is 22.9. The van der Waals surface area contributed by atoms with Crippen LogP contribution in [-0.2, 0) is 22.3 Å². The molecule has 11 heteroatoms. The van der Waals surface area contributed by atoms with E-state index in [1.165, 1.54) is 4.90 Å². The van der Waals surface area contributed by atoms with E-state index in [0.29, 0.717) is 24.4 Å². The molecule has 1 saturated heterocycles. The fourth-order valence-corrected chi connectivity index (χ4v) is 5.73. The Morgan fingerprint density at radius 2 is 1.53 bits per heavy atom. The second-order valence-corrected chi connectivity index (χ2v) is 18.4. The highest BCUT2D eigenvalue weighted by Crippen LogP contribution is 2.38. The monoisotopic (exact) mass is 613 g/mol. The van der Waals surface area contributed by atoms with Gasteiger partial charge in [-0.1, -0.05) is 45.0 Å². The molecule has 3 rings (SSSR count). The lowest BCUT2D eigenvalue weighted by molar-refractivity contribution is -0.132. The van der Waals surface area contributed by atoms with Crippen molar-refractivity contribution in [1.82, 2.24) is 15.1 Å². The highest BCUT2D eigenvalue weighted by molar-refractivity contribution is 6.74. The van der Waals surface area contributed by atoms with Crippen molar-refractivity contribution >= 4 is 26.2 Å². The average molecular weight is 614 g/mol. The molecule has 1 aliphatic heterocycles. The first-order valence-electron chi connectivity index (χ1n) is 14.6. The third-order valence-corrected chi connectivity index (χ3v) is 12.7. The number of likely N-dealkylation sites (tertiary alicyclic amines) is 1. The Hall–Kier alpha value is -3.41. The van der Waals surface area contributed by atoms with Crippen molar-refractivity contribution in [1.29, 1.82) is 0 Å². The first-order chi connectivity index (χ1) is 19.9. The molecule has 1 fully saturated rings. The van der Waals surface area contributed by atoms with Crippen molar-refractivity contribution in [3.63, 3.8) is 0 Å². The van der Waals surface area contributed by atoms with Gasteiger partial charge in [0.15, 0.2) is 14.9 Å². The van der Waals surface area contributed by atoms with Gasteiger partial charge in [0.05, 0.1) is 12.2 Å². The fraction of sp³-hybridized carbons (Fsp3) is 0.531. The summed E-state index contributed by atoms with van der Waals surface area (Å²) in [4.78, 5) is 40.0. The lowest BCUT2D eigenvalue weighted by Gasteiger charge is -2.38. The minimum atomic E-state index is -2.08. The van der Waals surface area contributed by atoms with E-state index in [2.05, 4.69) is 39.2 Å². The Labute approximate surface area is 256 Å². The molecule has 2 aromatic rings. The number of nitrogens with one attached hydrogen (secondary N) is 1. The molecule has 10 nitrogen and oxygen atoms in total. The minimum Gasteiger partial charge on any atom is -0.484 e. The summed E-state index contributed by atoms with van der Waals surface area (Å²) >= 11 is 0. The molecule has 1 aliphatic rings. The van der Waals surface area contributed by atoms with E-state index in [1.807, 2.05) is 32.9 Å². The second-order valence-electron chi connectivity index (χ2n) is 13.6. The zero-order valence-electron chi connectivity index (χ0n) is 26.6. The van der Waals surface area contributed by atoms with Crippen LogP contribution in [0, 0.1) is 0 Å². The number of carboxylic acid groups (broad SMARTS) is 1. The Balaban J connectivity index is 1.45. The number of aliphatic hydroxyl groups is 1. The van der Waals surface area contributed by atoms with Gasteiger partial charge < -0.3 is 29.6 Å². The van der Waals surface area contributed by atoms with Gasteiger partial charge in [0.1, 0.15) is 5.75 Å². The lowest BCUT2D eigenvalue weighted by Crippen LogP contribution is -2.47. The zero-order chi connectivity index (χ0) is 32.2.